The fraction of sp³-hybridized carbons (Fsp3) is 0.167. The second-order valence-corrected chi connectivity index (χ2v) is 6.43. The Hall–Kier alpha value is -2.60. The van der Waals surface area contributed by atoms with Gasteiger partial charge in [-0.15, -0.1) is 6.58 Å². The molecule has 5 nitrogen and oxygen atoms in total. The van der Waals surface area contributed by atoms with Crippen LogP contribution in [0.2, 0.25) is 0 Å². The zero-order valence-electron chi connectivity index (χ0n) is 13.3. The topological polar surface area (TPSA) is 59.2 Å². The van der Waals surface area contributed by atoms with Crippen molar-refractivity contribution in [2.45, 2.75) is 17.4 Å². The number of hydrogen-bond donors (Lipinski definition) is 0. The fourth-order valence-electron chi connectivity index (χ4n) is 2.28. The van der Waals surface area contributed by atoms with Crippen LogP contribution in [0.25, 0.3) is 11.2 Å². The quantitative estimate of drug-likeness (QED) is 0.503. The number of rotatable bonds is 6. The Kier molecular flexibility index (Phi) is 4.96. The number of fused-ring (bicyclic) bond motifs is 1. The Labute approximate surface area is 144 Å². The van der Waals surface area contributed by atoms with E-state index in [9.17, 15) is 4.79 Å². The Balaban J connectivity index is 1.78. The molecule has 0 bridgehead atoms. The van der Waals surface area contributed by atoms with E-state index < -0.39 is 0 Å². The molecule has 1 amide bonds. The van der Waals surface area contributed by atoms with E-state index in [1.807, 2.05) is 37.3 Å². The highest BCUT2D eigenvalue weighted by molar-refractivity contribution is 8.00. The molecule has 0 saturated carbocycles. The molecule has 0 aliphatic rings. The predicted molar refractivity (Wildman–Crippen MR) is 96.1 cm³/mol. The van der Waals surface area contributed by atoms with Crippen LogP contribution in [0.4, 0.5) is 5.69 Å². The lowest BCUT2D eigenvalue weighted by Crippen LogP contribution is -2.36. The molecule has 2 aromatic heterocycles. The van der Waals surface area contributed by atoms with Crippen molar-refractivity contribution in [3.8, 4) is 0 Å². The summed E-state index contributed by atoms with van der Waals surface area (Å²) >= 11 is 1.28. The van der Waals surface area contributed by atoms with Gasteiger partial charge in [0.15, 0.2) is 11.2 Å². The van der Waals surface area contributed by atoms with Crippen LogP contribution in [0.1, 0.15) is 6.92 Å². The maximum absolute atomic E-state index is 12.8. The van der Waals surface area contributed by atoms with Crippen LogP contribution < -0.4 is 4.90 Å². The summed E-state index contributed by atoms with van der Waals surface area (Å²) in [6.45, 7) is 6.03. The molecule has 24 heavy (non-hydrogen) atoms. The van der Waals surface area contributed by atoms with Crippen LogP contribution in [0, 0.1) is 0 Å². The van der Waals surface area contributed by atoms with Crippen molar-refractivity contribution < 1.29 is 9.21 Å². The van der Waals surface area contributed by atoms with Crippen molar-refractivity contribution in [2.24, 2.45) is 0 Å². The lowest BCUT2D eigenvalue weighted by atomic mass is 10.2. The van der Waals surface area contributed by atoms with Gasteiger partial charge in [-0.3, -0.25) is 4.79 Å². The van der Waals surface area contributed by atoms with Crippen LogP contribution >= 0.6 is 11.8 Å². The number of hydrogen-bond acceptors (Lipinski definition) is 5. The van der Waals surface area contributed by atoms with Crippen molar-refractivity contribution >= 4 is 34.6 Å². The number of thioether (sulfide) groups is 1. The van der Waals surface area contributed by atoms with Gasteiger partial charge in [-0.2, -0.15) is 4.98 Å². The molecular weight excluding hydrogens is 322 g/mol. The molecule has 0 N–H and O–H groups in total. The van der Waals surface area contributed by atoms with E-state index in [-0.39, 0.29) is 11.2 Å². The number of oxazole rings is 1. The van der Waals surface area contributed by atoms with Crippen LogP contribution in [0.15, 0.2) is 71.0 Å². The van der Waals surface area contributed by atoms with Gasteiger partial charge in [-0.1, -0.05) is 36.0 Å². The Bertz CT molecular complexity index is 815. The molecular formula is C18H17N3O2S. The van der Waals surface area contributed by atoms with Gasteiger partial charge in [0.05, 0.1) is 5.25 Å². The third-order valence-corrected chi connectivity index (χ3v) is 4.35. The van der Waals surface area contributed by atoms with E-state index >= 15 is 0 Å². The third-order valence-electron chi connectivity index (χ3n) is 3.42. The van der Waals surface area contributed by atoms with E-state index in [0.717, 1.165) is 5.69 Å². The van der Waals surface area contributed by atoms with Gasteiger partial charge >= 0.3 is 0 Å². The van der Waals surface area contributed by atoms with Gasteiger partial charge in [0.25, 0.3) is 5.22 Å². The Morgan fingerprint density at radius 1 is 1.33 bits per heavy atom. The van der Waals surface area contributed by atoms with E-state index in [0.29, 0.717) is 23.0 Å². The average Bonchev–Trinajstić information content (AvgIpc) is 3.02. The Morgan fingerprint density at radius 3 is 2.83 bits per heavy atom. The predicted octanol–water partition coefficient (Wildman–Crippen LogP) is 3.92. The first-order valence-electron chi connectivity index (χ1n) is 7.54. The summed E-state index contributed by atoms with van der Waals surface area (Å²) < 4.78 is 5.63. The van der Waals surface area contributed by atoms with Crippen LogP contribution in [-0.2, 0) is 4.79 Å². The van der Waals surface area contributed by atoms with Crippen molar-refractivity contribution in [3.63, 3.8) is 0 Å². The van der Waals surface area contributed by atoms with Gasteiger partial charge in [-0.05, 0) is 31.2 Å². The number of anilines is 1. The minimum absolute atomic E-state index is 0.0266. The van der Waals surface area contributed by atoms with Gasteiger partial charge < -0.3 is 9.32 Å². The first kappa shape index (κ1) is 16.3. The highest BCUT2D eigenvalue weighted by atomic mass is 32.2. The highest BCUT2D eigenvalue weighted by Crippen LogP contribution is 2.28. The van der Waals surface area contributed by atoms with E-state index in [4.69, 9.17) is 4.42 Å². The monoisotopic (exact) mass is 339 g/mol. The SMILES string of the molecule is C=CCN(C(=O)[C@H](C)Sc1nc2ncccc2o1)c1ccccc1. The van der Waals surface area contributed by atoms with E-state index in [1.54, 1.807) is 29.3 Å². The number of amides is 1. The van der Waals surface area contributed by atoms with Crippen molar-refractivity contribution in [1.29, 1.82) is 0 Å². The highest BCUT2D eigenvalue weighted by Gasteiger charge is 2.24. The lowest BCUT2D eigenvalue weighted by molar-refractivity contribution is -0.117. The van der Waals surface area contributed by atoms with Crippen LogP contribution in [-0.4, -0.2) is 27.7 Å². The standard InChI is InChI=1S/C18H17N3O2S/c1-3-12-21(14-8-5-4-6-9-14)17(22)13(2)24-18-20-16-15(23-18)10-7-11-19-16/h3-11,13H,1,12H2,2H3/t13-/m0/s1. The minimum atomic E-state index is -0.349. The maximum atomic E-state index is 12.8. The first-order chi connectivity index (χ1) is 11.7. The third kappa shape index (κ3) is 3.49. The zero-order valence-corrected chi connectivity index (χ0v) is 14.1. The fourth-order valence-corrected chi connectivity index (χ4v) is 3.09. The molecule has 0 aliphatic heterocycles. The number of pyridine rings is 1. The van der Waals surface area contributed by atoms with Gasteiger partial charge in [0, 0.05) is 18.4 Å². The lowest BCUT2D eigenvalue weighted by Gasteiger charge is -2.23. The molecule has 122 valence electrons. The Morgan fingerprint density at radius 2 is 2.12 bits per heavy atom. The molecule has 3 rings (SSSR count). The summed E-state index contributed by atoms with van der Waals surface area (Å²) in [6, 6.07) is 13.1. The summed E-state index contributed by atoms with van der Waals surface area (Å²) in [6.07, 6.45) is 3.38. The number of aromatic nitrogens is 2. The van der Waals surface area contributed by atoms with Gasteiger partial charge in [0.2, 0.25) is 5.91 Å². The van der Waals surface area contributed by atoms with Crippen molar-refractivity contribution in [2.75, 3.05) is 11.4 Å². The first-order valence-corrected chi connectivity index (χ1v) is 8.42. The zero-order chi connectivity index (χ0) is 16.9. The largest absolute Gasteiger partial charge is 0.430 e. The molecule has 1 aromatic carbocycles. The molecule has 2 heterocycles. The van der Waals surface area contributed by atoms with Gasteiger partial charge in [0.1, 0.15) is 0 Å². The summed E-state index contributed by atoms with van der Waals surface area (Å²) in [5.74, 6) is -0.0266. The number of carbonyl (C=O) groups is 1. The molecule has 0 saturated heterocycles. The van der Waals surface area contributed by atoms with Crippen molar-refractivity contribution in [1.82, 2.24) is 9.97 Å². The van der Waals surface area contributed by atoms with Crippen molar-refractivity contribution in [3.05, 3.63) is 61.3 Å². The average molecular weight is 339 g/mol. The normalized spacial score (nSPS) is 12.0. The van der Waals surface area contributed by atoms with Crippen LogP contribution in [0.5, 0.6) is 0 Å². The second-order valence-electron chi connectivity index (χ2n) is 5.14. The second kappa shape index (κ2) is 7.31. The van der Waals surface area contributed by atoms with Gasteiger partial charge in [-0.25, -0.2) is 4.98 Å². The summed E-state index contributed by atoms with van der Waals surface area (Å²) in [5.41, 5.74) is 2.00. The van der Waals surface area contributed by atoms with Crippen LogP contribution in [0.3, 0.4) is 0 Å². The number of para-hydroxylation sites is 1. The smallest absolute Gasteiger partial charge is 0.259 e. The summed E-state index contributed by atoms with van der Waals surface area (Å²) in [7, 11) is 0. The summed E-state index contributed by atoms with van der Waals surface area (Å²) in [5, 5.41) is 0.0920. The van der Waals surface area contributed by atoms with E-state index in [1.165, 1.54) is 11.8 Å². The number of carbonyl (C=O) groups excluding carboxylic acids is 1. The summed E-state index contributed by atoms with van der Waals surface area (Å²) in [4.78, 5) is 23.0. The molecule has 3 aromatic rings. The molecule has 0 unspecified atom stereocenters. The molecule has 1 atom stereocenters. The molecule has 0 aliphatic carbocycles. The molecule has 0 radical (unpaired) electrons. The number of benzene rings is 1. The molecule has 6 heteroatoms. The maximum Gasteiger partial charge on any atom is 0.259 e. The molecule has 0 spiro atoms. The minimum Gasteiger partial charge on any atom is -0.430 e. The molecule has 0 fully saturated rings. The van der Waals surface area contributed by atoms with E-state index in [2.05, 4.69) is 16.5 Å². The number of nitrogens with zero attached hydrogens (tertiary/aromatic N) is 3.